The van der Waals surface area contributed by atoms with Gasteiger partial charge in [0.25, 0.3) is 0 Å². The molecule has 0 saturated carbocycles. The van der Waals surface area contributed by atoms with Gasteiger partial charge in [-0.25, -0.2) is 4.79 Å². The number of para-hydroxylation sites is 1. The Hall–Kier alpha value is -3.07. The molecule has 120 valence electrons. The van der Waals surface area contributed by atoms with Crippen LogP contribution in [-0.4, -0.2) is 12.6 Å². The van der Waals surface area contributed by atoms with E-state index >= 15 is 0 Å². The smallest absolute Gasteiger partial charge is 0.319 e. The van der Waals surface area contributed by atoms with Crippen LogP contribution in [0.25, 0.3) is 0 Å². The number of urea groups is 1. The summed E-state index contributed by atoms with van der Waals surface area (Å²) in [6.45, 7) is 0.534. The SMILES string of the molecule is O=C(NCC(c1ccccc1)c1ccccc1)Nc1ccccc1. The van der Waals surface area contributed by atoms with Crippen LogP contribution in [0, 0.1) is 0 Å². The van der Waals surface area contributed by atoms with Gasteiger partial charge in [-0.2, -0.15) is 0 Å². The molecule has 3 aromatic carbocycles. The third-order valence-corrected chi connectivity index (χ3v) is 3.90. The highest BCUT2D eigenvalue weighted by Gasteiger charge is 2.15. The first-order chi connectivity index (χ1) is 11.8. The Kier molecular flexibility index (Phi) is 5.25. The van der Waals surface area contributed by atoms with Crippen LogP contribution in [-0.2, 0) is 0 Å². The van der Waals surface area contributed by atoms with Crippen LogP contribution in [0.4, 0.5) is 10.5 Å². The van der Waals surface area contributed by atoms with E-state index in [2.05, 4.69) is 34.9 Å². The van der Waals surface area contributed by atoms with E-state index in [1.165, 1.54) is 11.1 Å². The van der Waals surface area contributed by atoms with Crippen LogP contribution in [0.15, 0.2) is 91.0 Å². The number of benzene rings is 3. The first-order valence-corrected chi connectivity index (χ1v) is 8.03. The van der Waals surface area contributed by atoms with Crippen molar-refractivity contribution in [3.8, 4) is 0 Å². The lowest BCUT2D eigenvalue weighted by Crippen LogP contribution is -2.32. The Bertz CT molecular complexity index is 718. The zero-order chi connectivity index (χ0) is 16.6. The maximum atomic E-state index is 12.2. The Balaban J connectivity index is 1.70. The molecule has 0 heterocycles. The number of amides is 2. The highest BCUT2D eigenvalue weighted by molar-refractivity contribution is 5.89. The molecule has 0 fully saturated rings. The Morgan fingerprint density at radius 2 is 1.17 bits per heavy atom. The fourth-order valence-electron chi connectivity index (χ4n) is 2.69. The summed E-state index contributed by atoms with van der Waals surface area (Å²) in [4.78, 5) is 12.2. The van der Waals surface area contributed by atoms with Crippen LogP contribution < -0.4 is 10.6 Å². The Morgan fingerprint density at radius 1 is 0.708 bits per heavy atom. The Labute approximate surface area is 142 Å². The first-order valence-electron chi connectivity index (χ1n) is 8.03. The van der Waals surface area contributed by atoms with E-state index in [4.69, 9.17) is 0 Å². The van der Waals surface area contributed by atoms with Crippen molar-refractivity contribution in [3.05, 3.63) is 102 Å². The fraction of sp³-hybridized carbons (Fsp3) is 0.0952. The van der Waals surface area contributed by atoms with E-state index in [0.717, 1.165) is 5.69 Å². The number of carbonyl (C=O) groups excluding carboxylic acids is 1. The maximum Gasteiger partial charge on any atom is 0.319 e. The fourth-order valence-corrected chi connectivity index (χ4v) is 2.69. The maximum absolute atomic E-state index is 12.2. The molecule has 3 rings (SSSR count). The lowest BCUT2D eigenvalue weighted by atomic mass is 9.91. The molecule has 0 aliphatic carbocycles. The van der Waals surface area contributed by atoms with Crippen molar-refractivity contribution < 1.29 is 4.79 Å². The molecule has 3 nitrogen and oxygen atoms in total. The van der Waals surface area contributed by atoms with Crippen molar-refractivity contribution in [1.29, 1.82) is 0 Å². The van der Waals surface area contributed by atoms with Crippen molar-refractivity contribution in [2.24, 2.45) is 0 Å². The lowest BCUT2D eigenvalue weighted by molar-refractivity contribution is 0.252. The van der Waals surface area contributed by atoms with Crippen molar-refractivity contribution in [3.63, 3.8) is 0 Å². The summed E-state index contributed by atoms with van der Waals surface area (Å²) in [6, 6.07) is 29.7. The molecule has 0 aromatic heterocycles. The van der Waals surface area contributed by atoms with E-state index in [-0.39, 0.29) is 11.9 Å². The highest BCUT2D eigenvalue weighted by atomic mass is 16.2. The van der Waals surface area contributed by atoms with Gasteiger partial charge in [0.2, 0.25) is 0 Å². The van der Waals surface area contributed by atoms with E-state index < -0.39 is 0 Å². The van der Waals surface area contributed by atoms with E-state index in [0.29, 0.717) is 6.54 Å². The summed E-state index contributed by atoms with van der Waals surface area (Å²) in [7, 11) is 0. The number of hydrogen-bond donors (Lipinski definition) is 2. The molecule has 2 N–H and O–H groups in total. The summed E-state index contributed by atoms with van der Waals surface area (Å²) in [5, 5.41) is 5.83. The molecule has 3 heteroatoms. The molecule has 24 heavy (non-hydrogen) atoms. The first kappa shape index (κ1) is 15.8. The van der Waals surface area contributed by atoms with E-state index in [1.807, 2.05) is 66.7 Å². The van der Waals surface area contributed by atoms with E-state index in [9.17, 15) is 4.79 Å². The standard InChI is InChI=1S/C21H20N2O/c24-21(23-19-14-8-3-9-15-19)22-16-20(17-10-4-1-5-11-17)18-12-6-2-7-13-18/h1-15,20H,16H2,(H2,22,23,24). The van der Waals surface area contributed by atoms with Crippen LogP contribution in [0.2, 0.25) is 0 Å². The van der Waals surface area contributed by atoms with Gasteiger partial charge in [0.15, 0.2) is 0 Å². The largest absolute Gasteiger partial charge is 0.337 e. The second-order valence-electron chi connectivity index (χ2n) is 5.58. The predicted octanol–water partition coefficient (Wildman–Crippen LogP) is 4.64. The topological polar surface area (TPSA) is 41.1 Å². The van der Waals surface area contributed by atoms with Gasteiger partial charge < -0.3 is 10.6 Å². The number of anilines is 1. The quantitative estimate of drug-likeness (QED) is 0.707. The number of nitrogens with one attached hydrogen (secondary N) is 2. The summed E-state index contributed by atoms with van der Waals surface area (Å²) in [5.74, 6) is 0.119. The molecule has 2 amide bonds. The zero-order valence-electron chi connectivity index (χ0n) is 13.4. The molecule has 0 unspecified atom stereocenters. The van der Waals surface area contributed by atoms with Crippen LogP contribution >= 0.6 is 0 Å². The van der Waals surface area contributed by atoms with Gasteiger partial charge in [0.1, 0.15) is 0 Å². The number of rotatable bonds is 5. The average molecular weight is 316 g/mol. The molecule has 0 aliphatic heterocycles. The summed E-state index contributed by atoms with van der Waals surface area (Å²) < 4.78 is 0. The summed E-state index contributed by atoms with van der Waals surface area (Å²) >= 11 is 0. The molecular weight excluding hydrogens is 296 g/mol. The highest BCUT2D eigenvalue weighted by Crippen LogP contribution is 2.23. The minimum atomic E-state index is -0.196. The van der Waals surface area contributed by atoms with Gasteiger partial charge in [-0.15, -0.1) is 0 Å². The molecule has 0 spiro atoms. The monoisotopic (exact) mass is 316 g/mol. The van der Waals surface area contributed by atoms with Gasteiger partial charge in [-0.1, -0.05) is 78.9 Å². The lowest BCUT2D eigenvalue weighted by Gasteiger charge is -2.19. The van der Waals surface area contributed by atoms with Crippen LogP contribution in [0.1, 0.15) is 17.0 Å². The average Bonchev–Trinajstić information content (AvgIpc) is 2.64. The third kappa shape index (κ3) is 4.23. The number of hydrogen-bond acceptors (Lipinski definition) is 1. The molecule has 0 saturated heterocycles. The predicted molar refractivity (Wildman–Crippen MR) is 98.2 cm³/mol. The van der Waals surface area contributed by atoms with Gasteiger partial charge in [-0.05, 0) is 23.3 Å². The molecule has 3 aromatic rings. The van der Waals surface area contributed by atoms with Gasteiger partial charge in [-0.3, -0.25) is 0 Å². The van der Waals surface area contributed by atoms with Gasteiger partial charge in [0, 0.05) is 18.2 Å². The van der Waals surface area contributed by atoms with Crippen molar-refractivity contribution in [2.45, 2.75) is 5.92 Å². The summed E-state index contributed by atoms with van der Waals surface area (Å²) in [5.41, 5.74) is 3.15. The van der Waals surface area contributed by atoms with Crippen LogP contribution in [0.5, 0.6) is 0 Å². The third-order valence-electron chi connectivity index (χ3n) is 3.90. The Morgan fingerprint density at radius 3 is 1.67 bits per heavy atom. The van der Waals surface area contributed by atoms with Crippen LogP contribution in [0.3, 0.4) is 0 Å². The zero-order valence-corrected chi connectivity index (χ0v) is 13.4. The van der Waals surface area contributed by atoms with E-state index in [1.54, 1.807) is 0 Å². The van der Waals surface area contributed by atoms with Crippen molar-refractivity contribution in [1.82, 2.24) is 5.32 Å². The minimum Gasteiger partial charge on any atom is -0.337 e. The minimum absolute atomic E-state index is 0.119. The molecule has 0 radical (unpaired) electrons. The van der Waals surface area contributed by atoms with Crippen molar-refractivity contribution in [2.75, 3.05) is 11.9 Å². The normalized spacial score (nSPS) is 10.4. The van der Waals surface area contributed by atoms with Gasteiger partial charge in [0.05, 0.1) is 0 Å². The molecule has 0 bridgehead atoms. The van der Waals surface area contributed by atoms with Gasteiger partial charge >= 0.3 is 6.03 Å². The van der Waals surface area contributed by atoms with Crippen molar-refractivity contribution >= 4 is 11.7 Å². The molecular formula is C21H20N2O. The second-order valence-corrected chi connectivity index (χ2v) is 5.58. The molecule has 0 aliphatic rings. The summed E-state index contributed by atoms with van der Waals surface area (Å²) in [6.07, 6.45) is 0. The molecule has 0 atom stereocenters. The second kappa shape index (κ2) is 7.97. The number of carbonyl (C=O) groups is 1.